The van der Waals surface area contributed by atoms with Gasteiger partial charge in [0.05, 0.1) is 0 Å². The van der Waals surface area contributed by atoms with Crippen LogP contribution in [0.3, 0.4) is 0 Å². The molecule has 0 aromatic heterocycles. The molecule has 56 valence electrons. The molecule has 0 amide bonds. The summed E-state index contributed by atoms with van der Waals surface area (Å²) < 4.78 is 0. The Morgan fingerprint density at radius 2 is 2.00 bits per heavy atom. The molecule has 2 N–H and O–H groups in total. The van der Waals surface area contributed by atoms with Crippen molar-refractivity contribution < 1.29 is 10.2 Å². The summed E-state index contributed by atoms with van der Waals surface area (Å²) in [4.78, 5) is 0. The minimum atomic E-state index is -0.704. The minimum absolute atomic E-state index is 0.704. The third-order valence-corrected chi connectivity index (χ3v) is 1.69. The summed E-state index contributed by atoms with van der Waals surface area (Å²) in [5.74, 6) is 0. The maximum absolute atomic E-state index is 9.26. The molecule has 0 radical (unpaired) electrons. The first-order valence-corrected chi connectivity index (χ1v) is 3.34. The van der Waals surface area contributed by atoms with Crippen LogP contribution in [-0.2, 0) is 0 Å². The van der Waals surface area contributed by atoms with Crippen molar-refractivity contribution in [1.82, 2.24) is 0 Å². The monoisotopic (exact) mass is 140 g/mol. The van der Waals surface area contributed by atoms with Gasteiger partial charge in [-0.1, -0.05) is 17.7 Å². The van der Waals surface area contributed by atoms with Gasteiger partial charge in [-0.05, 0) is 19.4 Å². The minimum Gasteiger partial charge on any atom is -0.386 e. The molecular weight excluding hydrogens is 128 g/mol. The molecule has 0 saturated heterocycles. The number of hydrogen-bond donors (Lipinski definition) is 2. The van der Waals surface area contributed by atoms with E-state index in [0.717, 1.165) is 11.1 Å². The Balaban J connectivity index is 2.86. The number of aliphatic hydroxyl groups is 2. The molecule has 0 heterocycles. The van der Waals surface area contributed by atoms with E-state index >= 15 is 0 Å². The van der Waals surface area contributed by atoms with Gasteiger partial charge in [-0.15, -0.1) is 0 Å². The average Bonchev–Trinajstić information content (AvgIpc) is 2.14. The second-order valence-corrected chi connectivity index (χ2v) is 2.75. The van der Waals surface area contributed by atoms with Gasteiger partial charge in [-0.3, -0.25) is 0 Å². The molecule has 10 heavy (non-hydrogen) atoms. The van der Waals surface area contributed by atoms with Crippen LogP contribution >= 0.6 is 0 Å². The lowest BCUT2D eigenvalue weighted by Crippen LogP contribution is -2.20. The lowest BCUT2D eigenvalue weighted by molar-refractivity contribution is 0.0821. The van der Waals surface area contributed by atoms with Gasteiger partial charge in [-0.2, -0.15) is 0 Å². The van der Waals surface area contributed by atoms with E-state index < -0.39 is 12.2 Å². The van der Waals surface area contributed by atoms with E-state index in [1.165, 1.54) is 0 Å². The fraction of sp³-hybridized carbons (Fsp3) is 0.500. The molecule has 2 unspecified atom stereocenters. The molecule has 2 atom stereocenters. The fourth-order valence-electron chi connectivity index (χ4n) is 1.05. The highest BCUT2D eigenvalue weighted by Crippen LogP contribution is 2.20. The largest absolute Gasteiger partial charge is 0.386 e. The van der Waals surface area contributed by atoms with Crippen molar-refractivity contribution in [3.05, 3.63) is 23.3 Å². The molecule has 2 nitrogen and oxygen atoms in total. The highest BCUT2D eigenvalue weighted by Gasteiger charge is 2.22. The van der Waals surface area contributed by atoms with Gasteiger partial charge in [0, 0.05) is 0 Å². The zero-order valence-corrected chi connectivity index (χ0v) is 6.20. The predicted octanol–water partition coefficient (Wildman–Crippen LogP) is 0.614. The van der Waals surface area contributed by atoms with Crippen molar-refractivity contribution >= 4 is 0 Å². The first-order valence-electron chi connectivity index (χ1n) is 3.34. The zero-order chi connectivity index (χ0) is 7.72. The van der Waals surface area contributed by atoms with E-state index in [4.69, 9.17) is 5.11 Å². The van der Waals surface area contributed by atoms with Crippen molar-refractivity contribution in [3.8, 4) is 0 Å². The number of rotatable bonds is 0. The molecule has 0 aromatic rings. The third-order valence-electron chi connectivity index (χ3n) is 1.69. The van der Waals surface area contributed by atoms with E-state index in [1.54, 1.807) is 12.2 Å². The maximum Gasteiger partial charge on any atom is 0.108 e. The van der Waals surface area contributed by atoms with Gasteiger partial charge in [0.15, 0.2) is 0 Å². The Bertz CT molecular complexity index is 187. The number of aliphatic hydroxyl groups excluding tert-OH is 2. The smallest absolute Gasteiger partial charge is 0.108 e. The summed E-state index contributed by atoms with van der Waals surface area (Å²) in [6.07, 6.45) is 1.97. The first kappa shape index (κ1) is 7.51. The highest BCUT2D eigenvalue weighted by atomic mass is 16.3. The van der Waals surface area contributed by atoms with E-state index in [9.17, 15) is 5.11 Å². The van der Waals surface area contributed by atoms with Crippen molar-refractivity contribution in [2.75, 3.05) is 0 Å². The molecule has 0 aromatic carbocycles. The van der Waals surface area contributed by atoms with Crippen LogP contribution in [0.4, 0.5) is 0 Å². The van der Waals surface area contributed by atoms with Crippen molar-refractivity contribution in [2.24, 2.45) is 0 Å². The molecule has 0 aliphatic heterocycles. The Kier molecular flexibility index (Phi) is 1.92. The van der Waals surface area contributed by atoms with Crippen LogP contribution < -0.4 is 0 Å². The third kappa shape index (κ3) is 1.13. The zero-order valence-electron chi connectivity index (χ0n) is 6.20. The summed E-state index contributed by atoms with van der Waals surface area (Å²) in [5, 5.41) is 18.3. The molecular formula is C8H12O2. The Morgan fingerprint density at radius 3 is 2.20 bits per heavy atom. The SMILES string of the molecule is CC(C)=C1C=CC(O)C1O. The van der Waals surface area contributed by atoms with Gasteiger partial charge < -0.3 is 10.2 Å². The van der Waals surface area contributed by atoms with Gasteiger partial charge in [0.1, 0.15) is 12.2 Å². The molecule has 0 fully saturated rings. The van der Waals surface area contributed by atoms with Crippen molar-refractivity contribution in [2.45, 2.75) is 26.1 Å². The van der Waals surface area contributed by atoms with Crippen molar-refractivity contribution in [1.29, 1.82) is 0 Å². The van der Waals surface area contributed by atoms with Crippen LogP contribution in [0.2, 0.25) is 0 Å². The van der Waals surface area contributed by atoms with E-state index in [0.29, 0.717) is 0 Å². The summed E-state index contributed by atoms with van der Waals surface area (Å²) in [6, 6.07) is 0. The normalized spacial score (nSPS) is 31.4. The van der Waals surface area contributed by atoms with E-state index in [2.05, 4.69) is 0 Å². The van der Waals surface area contributed by atoms with E-state index in [1.807, 2.05) is 13.8 Å². The molecule has 1 aliphatic carbocycles. The summed E-state index contributed by atoms with van der Waals surface area (Å²) in [6.45, 7) is 3.84. The van der Waals surface area contributed by atoms with Gasteiger partial charge in [0.2, 0.25) is 0 Å². The molecule has 1 rings (SSSR count). The fourth-order valence-corrected chi connectivity index (χ4v) is 1.05. The second-order valence-electron chi connectivity index (χ2n) is 2.75. The van der Waals surface area contributed by atoms with Crippen LogP contribution in [-0.4, -0.2) is 22.4 Å². The van der Waals surface area contributed by atoms with Crippen LogP contribution in [0.5, 0.6) is 0 Å². The Labute approximate surface area is 60.5 Å². The highest BCUT2D eigenvalue weighted by molar-refractivity contribution is 5.35. The topological polar surface area (TPSA) is 40.5 Å². The lowest BCUT2D eigenvalue weighted by Gasteiger charge is -2.09. The van der Waals surface area contributed by atoms with Crippen LogP contribution in [0.15, 0.2) is 23.3 Å². The maximum atomic E-state index is 9.26. The average molecular weight is 140 g/mol. The number of hydrogen-bond acceptors (Lipinski definition) is 2. The Hall–Kier alpha value is -0.600. The van der Waals surface area contributed by atoms with Gasteiger partial charge in [0.25, 0.3) is 0 Å². The summed E-state index contributed by atoms with van der Waals surface area (Å²) >= 11 is 0. The van der Waals surface area contributed by atoms with E-state index in [-0.39, 0.29) is 0 Å². The van der Waals surface area contributed by atoms with Gasteiger partial charge >= 0.3 is 0 Å². The second kappa shape index (κ2) is 2.56. The van der Waals surface area contributed by atoms with Gasteiger partial charge in [-0.25, -0.2) is 0 Å². The quantitative estimate of drug-likeness (QED) is 0.517. The lowest BCUT2D eigenvalue weighted by atomic mass is 10.1. The predicted molar refractivity (Wildman–Crippen MR) is 39.5 cm³/mol. The van der Waals surface area contributed by atoms with Crippen LogP contribution in [0.1, 0.15) is 13.8 Å². The van der Waals surface area contributed by atoms with Crippen molar-refractivity contribution in [3.63, 3.8) is 0 Å². The van der Waals surface area contributed by atoms with Crippen LogP contribution in [0.25, 0.3) is 0 Å². The summed E-state index contributed by atoms with van der Waals surface area (Å²) in [7, 11) is 0. The molecule has 0 bridgehead atoms. The Morgan fingerprint density at radius 1 is 1.40 bits per heavy atom. The van der Waals surface area contributed by atoms with Crippen LogP contribution in [0, 0.1) is 0 Å². The molecule has 0 spiro atoms. The molecule has 1 aliphatic rings. The number of allylic oxidation sites excluding steroid dienone is 1. The molecule has 2 heteroatoms. The standard InChI is InChI=1S/C8H12O2/c1-5(2)6-3-4-7(9)8(6)10/h3-4,7-10H,1-2H3. The first-order chi connectivity index (χ1) is 4.63. The molecule has 0 saturated carbocycles. The summed E-state index contributed by atoms with van der Waals surface area (Å²) in [5.41, 5.74) is 1.90.